The number of fused-ring (bicyclic) bond motifs is 1. The van der Waals surface area contributed by atoms with Gasteiger partial charge in [-0.3, -0.25) is 4.98 Å². The molecule has 1 saturated carbocycles. The molecule has 2 heterocycles. The maximum absolute atomic E-state index is 10.2. The summed E-state index contributed by atoms with van der Waals surface area (Å²) in [5.41, 5.74) is 7.33. The van der Waals surface area contributed by atoms with Crippen LogP contribution in [0.2, 0.25) is 0 Å². The van der Waals surface area contributed by atoms with Crippen molar-refractivity contribution in [2.45, 2.75) is 59.4 Å². The summed E-state index contributed by atoms with van der Waals surface area (Å²) >= 11 is 0. The number of aliphatic hydroxyl groups is 1. The highest BCUT2D eigenvalue weighted by atomic mass is 16.3. The van der Waals surface area contributed by atoms with Crippen LogP contribution in [0.5, 0.6) is 0 Å². The smallest absolute Gasteiger partial charge is 0.0988 e. The van der Waals surface area contributed by atoms with E-state index in [-0.39, 0.29) is 5.76 Å². The zero-order valence-corrected chi connectivity index (χ0v) is 18.2. The number of nitrogens with one attached hydrogen (secondary N) is 1. The lowest BCUT2D eigenvalue weighted by Gasteiger charge is -2.22. The first-order valence-corrected chi connectivity index (χ1v) is 11.0. The van der Waals surface area contributed by atoms with Crippen LogP contribution in [0.4, 0.5) is 0 Å². The van der Waals surface area contributed by atoms with Crippen molar-refractivity contribution in [3.05, 3.63) is 59.6 Å². The van der Waals surface area contributed by atoms with Gasteiger partial charge in [-0.25, -0.2) is 0 Å². The minimum Gasteiger partial charge on any atom is -0.512 e. The Balaban J connectivity index is 1.85. The van der Waals surface area contributed by atoms with Crippen molar-refractivity contribution in [3.63, 3.8) is 0 Å². The second-order valence-corrected chi connectivity index (χ2v) is 8.74. The Morgan fingerprint density at radius 2 is 1.83 bits per heavy atom. The summed E-state index contributed by atoms with van der Waals surface area (Å²) in [4.78, 5) is 4.82. The van der Waals surface area contributed by atoms with E-state index in [1.54, 1.807) is 20.0 Å². The maximum Gasteiger partial charge on any atom is 0.0988 e. The lowest BCUT2D eigenvalue weighted by molar-refractivity contribution is 0.322. The molecule has 1 aliphatic rings. The fourth-order valence-electron chi connectivity index (χ4n) is 4.74. The summed E-state index contributed by atoms with van der Waals surface area (Å²) in [5.74, 6) is 0.857. The average Bonchev–Trinajstić information content (AvgIpc) is 3.07. The highest BCUT2D eigenvalue weighted by Crippen LogP contribution is 2.34. The molecule has 0 spiro atoms. The van der Waals surface area contributed by atoms with Crippen LogP contribution in [0, 0.1) is 18.3 Å². The molecule has 4 nitrogen and oxygen atoms in total. The molecular formula is C26H31N3O. The first kappa shape index (κ1) is 20.4. The van der Waals surface area contributed by atoms with Gasteiger partial charge < -0.3 is 15.1 Å². The molecule has 0 radical (unpaired) electrons. The number of nitrogens with zero attached hydrogens (tertiary/aromatic N) is 2. The summed E-state index contributed by atoms with van der Waals surface area (Å²) in [7, 11) is 0. The van der Waals surface area contributed by atoms with E-state index in [9.17, 15) is 5.11 Å². The van der Waals surface area contributed by atoms with Gasteiger partial charge in [0.15, 0.2) is 0 Å². The molecule has 0 amide bonds. The minimum atomic E-state index is 0.160. The number of aromatic nitrogens is 2. The second kappa shape index (κ2) is 8.47. The van der Waals surface area contributed by atoms with E-state index in [2.05, 4.69) is 48.0 Å². The molecule has 156 valence electrons. The molecule has 1 aliphatic carbocycles. The topological polar surface area (TPSA) is 61.9 Å². The third-order valence-corrected chi connectivity index (χ3v) is 6.28. The van der Waals surface area contributed by atoms with E-state index in [1.165, 1.54) is 43.2 Å². The fourth-order valence-corrected chi connectivity index (χ4v) is 4.74. The van der Waals surface area contributed by atoms with Gasteiger partial charge in [-0.1, -0.05) is 49.1 Å². The van der Waals surface area contributed by atoms with Crippen molar-refractivity contribution in [2.75, 3.05) is 0 Å². The highest BCUT2D eigenvalue weighted by Gasteiger charge is 2.19. The molecule has 0 aliphatic heterocycles. The quantitative estimate of drug-likeness (QED) is 0.360. The van der Waals surface area contributed by atoms with Gasteiger partial charge in [-0.2, -0.15) is 0 Å². The lowest BCUT2D eigenvalue weighted by atomic mass is 9.89. The Morgan fingerprint density at radius 3 is 2.47 bits per heavy atom. The third kappa shape index (κ3) is 4.04. The molecule has 4 rings (SSSR count). The lowest BCUT2D eigenvalue weighted by Crippen LogP contribution is -2.13. The number of hydrogen-bond donors (Lipinski definition) is 2. The number of hydrogen-bond acceptors (Lipinski definition) is 3. The van der Waals surface area contributed by atoms with E-state index in [0.717, 1.165) is 28.7 Å². The first-order valence-electron chi connectivity index (χ1n) is 11.0. The van der Waals surface area contributed by atoms with Crippen LogP contribution in [-0.4, -0.2) is 20.4 Å². The zero-order valence-electron chi connectivity index (χ0n) is 18.2. The summed E-state index contributed by atoms with van der Waals surface area (Å²) in [6.07, 6.45) is 10.6. The van der Waals surface area contributed by atoms with Gasteiger partial charge in [0.25, 0.3) is 0 Å². The van der Waals surface area contributed by atoms with Crippen molar-refractivity contribution in [1.82, 2.24) is 9.55 Å². The predicted molar refractivity (Wildman–Crippen MR) is 125 cm³/mol. The number of pyridine rings is 1. The Hall–Kier alpha value is -2.88. The molecule has 1 aromatic carbocycles. The standard InChI is InChI=1S/C26H31N3O/c1-17-9-11-21(12-10-17)23-16-29(15-20-7-5-4-6-8-20)24-13-22(14-28-26(23)24)25(18(2)27)19(3)30/h9-14,16,20,27,30H,4-8,15H2,1-3H3/b25-19+,27-18?. The van der Waals surface area contributed by atoms with Crippen molar-refractivity contribution >= 4 is 22.3 Å². The highest BCUT2D eigenvalue weighted by molar-refractivity contribution is 6.22. The van der Waals surface area contributed by atoms with Crippen LogP contribution in [0.15, 0.2) is 48.5 Å². The van der Waals surface area contributed by atoms with Crippen molar-refractivity contribution in [3.8, 4) is 11.1 Å². The number of allylic oxidation sites excluding steroid dienone is 2. The van der Waals surface area contributed by atoms with Gasteiger partial charge in [-0.05, 0) is 51.2 Å². The van der Waals surface area contributed by atoms with Crippen LogP contribution in [0.3, 0.4) is 0 Å². The molecular weight excluding hydrogens is 370 g/mol. The average molecular weight is 402 g/mol. The first-order chi connectivity index (χ1) is 14.4. The molecule has 0 saturated heterocycles. The van der Waals surface area contributed by atoms with E-state index in [4.69, 9.17) is 10.4 Å². The van der Waals surface area contributed by atoms with Crippen molar-refractivity contribution in [1.29, 1.82) is 5.41 Å². The van der Waals surface area contributed by atoms with Gasteiger partial charge >= 0.3 is 0 Å². The molecule has 2 aromatic heterocycles. The van der Waals surface area contributed by atoms with Crippen LogP contribution in [-0.2, 0) is 6.54 Å². The number of aliphatic hydroxyl groups excluding tert-OH is 1. The van der Waals surface area contributed by atoms with Crippen LogP contribution in [0.1, 0.15) is 57.1 Å². The van der Waals surface area contributed by atoms with Crippen LogP contribution >= 0.6 is 0 Å². The molecule has 1 fully saturated rings. The van der Waals surface area contributed by atoms with E-state index < -0.39 is 0 Å². The molecule has 3 aromatic rings. The SMILES string of the molecule is CC(=N)/C(=C(/C)O)c1cnc2c(-c3ccc(C)cc3)cn(CC3CCCCC3)c2c1. The van der Waals surface area contributed by atoms with E-state index in [1.807, 2.05) is 0 Å². The number of aryl methyl sites for hydroxylation is 1. The van der Waals surface area contributed by atoms with Crippen LogP contribution < -0.4 is 0 Å². The Morgan fingerprint density at radius 1 is 1.13 bits per heavy atom. The summed E-state index contributed by atoms with van der Waals surface area (Å²) < 4.78 is 2.35. The molecule has 2 N–H and O–H groups in total. The largest absolute Gasteiger partial charge is 0.512 e. The molecule has 0 atom stereocenters. The molecule has 0 bridgehead atoms. The van der Waals surface area contributed by atoms with Gasteiger partial charge in [0, 0.05) is 41.4 Å². The normalized spacial score (nSPS) is 16.0. The number of benzene rings is 1. The summed E-state index contributed by atoms with van der Waals surface area (Å²) in [6.45, 7) is 6.44. The monoisotopic (exact) mass is 401 g/mol. The number of rotatable bonds is 5. The summed E-state index contributed by atoms with van der Waals surface area (Å²) in [5, 5.41) is 18.2. The van der Waals surface area contributed by atoms with Crippen molar-refractivity contribution in [2.24, 2.45) is 5.92 Å². The molecule has 0 unspecified atom stereocenters. The van der Waals surface area contributed by atoms with Gasteiger partial charge in [0.2, 0.25) is 0 Å². The van der Waals surface area contributed by atoms with Crippen molar-refractivity contribution < 1.29 is 5.11 Å². The summed E-state index contributed by atoms with van der Waals surface area (Å²) in [6, 6.07) is 10.7. The second-order valence-electron chi connectivity index (χ2n) is 8.74. The Kier molecular flexibility index (Phi) is 5.76. The zero-order chi connectivity index (χ0) is 21.3. The molecule has 4 heteroatoms. The minimum absolute atomic E-state index is 0.160. The molecule has 30 heavy (non-hydrogen) atoms. The van der Waals surface area contributed by atoms with Crippen LogP contribution in [0.25, 0.3) is 27.7 Å². The van der Waals surface area contributed by atoms with Gasteiger partial charge in [-0.15, -0.1) is 0 Å². The third-order valence-electron chi connectivity index (χ3n) is 6.28. The van der Waals surface area contributed by atoms with E-state index in [0.29, 0.717) is 17.2 Å². The Bertz CT molecular complexity index is 1100. The van der Waals surface area contributed by atoms with Gasteiger partial charge in [0.05, 0.1) is 16.8 Å². The maximum atomic E-state index is 10.2. The predicted octanol–water partition coefficient (Wildman–Crippen LogP) is 6.92. The van der Waals surface area contributed by atoms with Gasteiger partial charge in [0.1, 0.15) is 0 Å². The fraction of sp³-hybridized carbons (Fsp3) is 0.385. The Labute approximate surface area is 178 Å². The van der Waals surface area contributed by atoms with E-state index >= 15 is 0 Å².